The average molecular weight is 234 g/mol. The van der Waals surface area contributed by atoms with Gasteiger partial charge in [-0.1, -0.05) is 13.8 Å². The first-order valence-electron chi connectivity index (χ1n) is 5.73. The Balaban J connectivity index is 4.27. The second-order valence-electron chi connectivity index (χ2n) is 5.07. The minimum absolute atomic E-state index is 0.218. The molecule has 0 aliphatic carbocycles. The summed E-state index contributed by atoms with van der Waals surface area (Å²) in [6, 6.07) is 0. The van der Waals surface area contributed by atoms with Crippen LogP contribution in [0, 0.1) is 0 Å². The predicted molar refractivity (Wildman–Crippen MR) is 65.5 cm³/mol. The highest BCUT2D eigenvalue weighted by atomic mass is 28.2. The summed E-state index contributed by atoms with van der Waals surface area (Å²) in [5.41, 5.74) is -0.436. The highest BCUT2D eigenvalue weighted by molar-refractivity contribution is 6.26. The van der Waals surface area contributed by atoms with Crippen LogP contribution in [-0.2, 0) is 9.47 Å². The Kier molecular flexibility index (Phi) is 6.03. The fourth-order valence-corrected chi connectivity index (χ4v) is 2.03. The molecule has 15 heavy (non-hydrogen) atoms. The van der Waals surface area contributed by atoms with Crippen molar-refractivity contribution in [1.29, 1.82) is 0 Å². The van der Waals surface area contributed by atoms with Crippen molar-refractivity contribution in [3.8, 4) is 0 Å². The molecule has 0 fully saturated rings. The molecule has 0 aromatic rings. The summed E-state index contributed by atoms with van der Waals surface area (Å²) >= 11 is 0. The first-order valence-corrected chi connectivity index (χ1v) is 7.17. The molecule has 0 amide bonds. The molecule has 92 valence electrons. The normalized spacial score (nSPS) is 14.4. The molecule has 0 saturated heterocycles. The Morgan fingerprint density at radius 2 is 1.33 bits per heavy atom. The van der Waals surface area contributed by atoms with E-state index in [2.05, 4.69) is 13.8 Å². The Hall–Kier alpha value is 0.0969. The van der Waals surface area contributed by atoms with Crippen molar-refractivity contribution in [3.05, 3.63) is 0 Å². The molecule has 0 heterocycles. The minimum atomic E-state index is -1.29. The largest absolute Gasteiger partial charge is 0.432 e. The van der Waals surface area contributed by atoms with Crippen LogP contribution in [0.3, 0.4) is 0 Å². The summed E-state index contributed by atoms with van der Waals surface area (Å²) in [7, 11) is -1.29. The number of hydrogen-bond acceptors (Lipinski definition) is 3. The summed E-state index contributed by atoms with van der Waals surface area (Å²) in [6.45, 7) is 12.2. The van der Waals surface area contributed by atoms with E-state index < -0.39 is 15.7 Å². The third-order valence-corrected chi connectivity index (χ3v) is 3.38. The Morgan fingerprint density at radius 3 is 1.53 bits per heavy atom. The maximum absolute atomic E-state index is 9.33. The third-order valence-electron chi connectivity index (χ3n) is 2.75. The van der Waals surface area contributed by atoms with Crippen LogP contribution >= 0.6 is 0 Å². The van der Waals surface area contributed by atoms with Gasteiger partial charge in [-0.15, -0.1) is 0 Å². The minimum Gasteiger partial charge on any atom is -0.432 e. The van der Waals surface area contributed by atoms with Crippen molar-refractivity contribution in [2.24, 2.45) is 0 Å². The molecule has 4 heteroatoms. The van der Waals surface area contributed by atoms with Gasteiger partial charge in [-0.05, 0) is 40.5 Å². The molecule has 0 atom stereocenters. The van der Waals surface area contributed by atoms with E-state index >= 15 is 0 Å². The molecular formula is C11H26O3Si. The monoisotopic (exact) mass is 234 g/mol. The topological polar surface area (TPSA) is 38.7 Å². The van der Waals surface area contributed by atoms with Gasteiger partial charge in [-0.3, -0.25) is 0 Å². The summed E-state index contributed by atoms with van der Waals surface area (Å²) < 4.78 is 11.5. The molecule has 0 aliphatic heterocycles. The zero-order chi connectivity index (χ0) is 12.1. The van der Waals surface area contributed by atoms with Crippen LogP contribution in [0.25, 0.3) is 0 Å². The fraction of sp³-hybridized carbons (Fsp3) is 1.00. The van der Waals surface area contributed by atoms with Gasteiger partial charge in [0.1, 0.15) is 0 Å². The van der Waals surface area contributed by atoms with Gasteiger partial charge in [0.2, 0.25) is 9.76 Å². The molecular weight excluding hydrogens is 208 g/mol. The van der Waals surface area contributed by atoms with Crippen molar-refractivity contribution in [2.45, 2.75) is 71.5 Å². The molecule has 0 spiro atoms. The van der Waals surface area contributed by atoms with Crippen molar-refractivity contribution >= 4 is 9.76 Å². The predicted octanol–water partition coefficient (Wildman–Crippen LogP) is 1.76. The van der Waals surface area contributed by atoms with E-state index in [1.807, 2.05) is 27.7 Å². The van der Waals surface area contributed by atoms with Crippen LogP contribution in [0.5, 0.6) is 0 Å². The van der Waals surface area contributed by atoms with Crippen LogP contribution < -0.4 is 0 Å². The zero-order valence-corrected chi connectivity index (χ0v) is 12.4. The molecule has 0 aromatic carbocycles. The van der Waals surface area contributed by atoms with E-state index in [1.54, 1.807) is 0 Å². The highest BCUT2D eigenvalue weighted by Gasteiger charge is 2.27. The molecule has 0 aromatic heterocycles. The number of ether oxygens (including phenoxy) is 2. The molecule has 0 saturated carbocycles. The smallest absolute Gasteiger partial charge is 0.219 e. The maximum atomic E-state index is 9.33. The second kappa shape index (κ2) is 5.99. The number of rotatable bonds is 7. The lowest BCUT2D eigenvalue weighted by Gasteiger charge is -2.34. The molecule has 1 N–H and O–H groups in total. The lowest BCUT2D eigenvalue weighted by molar-refractivity contribution is -0.207. The van der Waals surface area contributed by atoms with Crippen molar-refractivity contribution in [1.82, 2.24) is 0 Å². The first-order chi connectivity index (χ1) is 6.76. The van der Waals surface area contributed by atoms with Crippen molar-refractivity contribution in [3.63, 3.8) is 0 Å². The summed E-state index contributed by atoms with van der Waals surface area (Å²) in [5, 5.41) is 0. The van der Waals surface area contributed by atoms with E-state index in [4.69, 9.17) is 9.47 Å². The molecule has 3 nitrogen and oxygen atoms in total. The van der Waals surface area contributed by atoms with Crippen molar-refractivity contribution < 1.29 is 14.3 Å². The van der Waals surface area contributed by atoms with Gasteiger partial charge >= 0.3 is 0 Å². The standard InChI is InChI=1S/C11H26O3Si/c1-7-10(3,4)13-9(15-12)14-11(5,6)8-2/h9,12H,7-8,15H2,1-6H3. The van der Waals surface area contributed by atoms with E-state index in [-0.39, 0.29) is 11.2 Å². The summed E-state index contributed by atoms with van der Waals surface area (Å²) in [5.74, 6) is -0.394. The molecule has 0 bridgehead atoms. The quantitative estimate of drug-likeness (QED) is 0.539. The van der Waals surface area contributed by atoms with Gasteiger partial charge in [0.25, 0.3) is 0 Å². The Morgan fingerprint density at radius 1 is 1.00 bits per heavy atom. The summed E-state index contributed by atoms with van der Waals surface area (Å²) in [4.78, 5) is 9.33. The van der Waals surface area contributed by atoms with Crippen LogP contribution in [0.4, 0.5) is 0 Å². The molecule has 0 radical (unpaired) electrons. The third kappa shape index (κ3) is 6.30. The Labute approximate surface area is 96.1 Å². The van der Waals surface area contributed by atoms with E-state index in [9.17, 15) is 4.80 Å². The van der Waals surface area contributed by atoms with Crippen molar-refractivity contribution in [2.75, 3.05) is 0 Å². The molecule has 0 unspecified atom stereocenters. The Bertz CT molecular complexity index is 163. The van der Waals surface area contributed by atoms with Gasteiger partial charge < -0.3 is 14.3 Å². The SMILES string of the molecule is CCC(C)(C)OC(OC(C)(C)CC)[SiH2]O. The zero-order valence-electron chi connectivity index (χ0n) is 11.0. The lowest BCUT2D eigenvalue weighted by Crippen LogP contribution is -2.40. The molecule has 0 rings (SSSR count). The van der Waals surface area contributed by atoms with Crippen LogP contribution in [0.1, 0.15) is 54.4 Å². The fourth-order valence-electron chi connectivity index (χ4n) is 0.977. The first kappa shape index (κ1) is 15.1. The van der Waals surface area contributed by atoms with E-state index in [0.29, 0.717) is 0 Å². The van der Waals surface area contributed by atoms with Crippen LogP contribution in [-0.4, -0.2) is 31.7 Å². The molecule has 0 aliphatic rings. The highest BCUT2D eigenvalue weighted by Crippen LogP contribution is 2.21. The summed E-state index contributed by atoms with van der Waals surface area (Å²) in [6.07, 6.45) is 1.82. The lowest BCUT2D eigenvalue weighted by atomic mass is 10.1. The average Bonchev–Trinajstić information content (AvgIpc) is 2.16. The van der Waals surface area contributed by atoms with E-state index in [0.717, 1.165) is 12.8 Å². The van der Waals surface area contributed by atoms with E-state index in [1.165, 1.54) is 0 Å². The van der Waals surface area contributed by atoms with Gasteiger partial charge in [0.15, 0.2) is 5.91 Å². The van der Waals surface area contributed by atoms with Gasteiger partial charge in [0, 0.05) is 0 Å². The van der Waals surface area contributed by atoms with Crippen LogP contribution in [0.2, 0.25) is 0 Å². The number of hydrogen-bond donors (Lipinski definition) is 1. The van der Waals surface area contributed by atoms with Crippen LogP contribution in [0.15, 0.2) is 0 Å². The van der Waals surface area contributed by atoms with Gasteiger partial charge in [-0.25, -0.2) is 0 Å². The van der Waals surface area contributed by atoms with Gasteiger partial charge in [0.05, 0.1) is 11.2 Å². The van der Waals surface area contributed by atoms with Gasteiger partial charge in [-0.2, -0.15) is 0 Å². The second-order valence-corrected chi connectivity index (χ2v) is 6.11. The maximum Gasteiger partial charge on any atom is 0.219 e.